The summed E-state index contributed by atoms with van der Waals surface area (Å²) in [4.78, 5) is 12.6. The van der Waals surface area contributed by atoms with Crippen molar-refractivity contribution < 1.29 is 31.8 Å². The minimum atomic E-state index is -3.71. The maximum atomic E-state index is 11.7. The average Bonchev–Trinajstić information content (AvgIpc) is 3.28. The highest BCUT2D eigenvalue weighted by molar-refractivity contribution is 7.85. The van der Waals surface area contributed by atoms with Gasteiger partial charge >= 0.3 is 6.09 Å². The van der Waals surface area contributed by atoms with E-state index in [-0.39, 0.29) is 13.2 Å². The van der Waals surface area contributed by atoms with Gasteiger partial charge in [-0.05, 0) is 61.4 Å². The van der Waals surface area contributed by atoms with E-state index in [1.165, 1.54) is 4.90 Å². The van der Waals surface area contributed by atoms with Crippen LogP contribution in [0.1, 0.15) is 41.6 Å². The summed E-state index contributed by atoms with van der Waals surface area (Å²) < 4.78 is 40.0. The Bertz CT molecular complexity index is 1370. The topological polar surface area (TPSA) is 143 Å². The molecule has 11 heteroatoms. The molecular weight excluding hydrogens is 486 g/mol. The van der Waals surface area contributed by atoms with Crippen molar-refractivity contribution in [2.75, 3.05) is 19.3 Å². The van der Waals surface area contributed by atoms with E-state index in [2.05, 4.69) is 11.2 Å². The first-order valence-corrected chi connectivity index (χ1v) is 13.4. The van der Waals surface area contributed by atoms with Gasteiger partial charge in [-0.3, -0.25) is 4.18 Å². The monoisotopic (exact) mass is 513 g/mol. The van der Waals surface area contributed by atoms with Gasteiger partial charge in [-0.15, -0.1) is 0 Å². The summed E-state index contributed by atoms with van der Waals surface area (Å²) in [6.45, 7) is 1.01. The number of likely N-dealkylation sites (tertiary alicyclic amines) is 1. The molecule has 1 amide bonds. The Morgan fingerprint density at radius 3 is 2.56 bits per heavy atom. The van der Waals surface area contributed by atoms with Gasteiger partial charge in [-0.2, -0.15) is 13.7 Å². The van der Waals surface area contributed by atoms with Gasteiger partial charge < -0.3 is 19.3 Å². The number of hydrogen-bond acceptors (Lipinski definition) is 8. The Morgan fingerprint density at radius 1 is 1.19 bits per heavy atom. The molecule has 0 aliphatic carbocycles. The standard InChI is InChI=1S/C25H27N3O7S/c1-36(31,32)34-16-21-23(33-15-19-4-2-18(14-26)3-5-19)9-7-20-22(27-35-24(20)21)8-6-17-10-12-28(13-11-17)25(29)30/h2-5,7,9,17H,6,8,10-13,15-16H2,1H3,(H,29,30). The fourth-order valence-corrected chi connectivity index (χ4v) is 4.63. The lowest BCUT2D eigenvalue weighted by Crippen LogP contribution is -2.37. The normalized spacial score (nSPS) is 14.6. The van der Waals surface area contributed by atoms with Crippen LogP contribution in [-0.4, -0.2) is 49.0 Å². The minimum Gasteiger partial charge on any atom is -0.488 e. The van der Waals surface area contributed by atoms with Gasteiger partial charge in [0.25, 0.3) is 10.1 Å². The fraction of sp³-hybridized carbons (Fsp3) is 0.400. The van der Waals surface area contributed by atoms with Crippen LogP contribution in [0.5, 0.6) is 5.75 Å². The van der Waals surface area contributed by atoms with Crippen molar-refractivity contribution in [1.29, 1.82) is 5.26 Å². The molecule has 190 valence electrons. The first kappa shape index (κ1) is 25.5. The smallest absolute Gasteiger partial charge is 0.407 e. The van der Waals surface area contributed by atoms with Crippen molar-refractivity contribution in [2.24, 2.45) is 5.92 Å². The Balaban J connectivity index is 1.51. The second-order valence-electron chi connectivity index (χ2n) is 8.86. The molecule has 1 fully saturated rings. The second-order valence-corrected chi connectivity index (χ2v) is 10.5. The molecule has 0 saturated carbocycles. The maximum absolute atomic E-state index is 11.7. The summed E-state index contributed by atoms with van der Waals surface area (Å²) in [5, 5.41) is 23.1. The fourth-order valence-electron chi connectivity index (χ4n) is 4.30. The number of aromatic nitrogens is 1. The van der Waals surface area contributed by atoms with Crippen molar-refractivity contribution in [3.8, 4) is 11.8 Å². The Morgan fingerprint density at radius 2 is 1.92 bits per heavy atom. The van der Waals surface area contributed by atoms with Crippen LogP contribution < -0.4 is 4.74 Å². The van der Waals surface area contributed by atoms with Crippen LogP contribution in [0.2, 0.25) is 0 Å². The van der Waals surface area contributed by atoms with E-state index in [1.807, 2.05) is 6.07 Å². The van der Waals surface area contributed by atoms with Crippen LogP contribution >= 0.6 is 0 Å². The number of amides is 1. The molecule has 0 atom stereocenters. The summed E-state index contributed by atoms with van der Waals surface area (Å²) >= 11 is 0. The zero-order valence-corrected chi connectivity index (χ0v) is 20.7. The van der Waals surface area contributed by atoms with Crippen molar-refractivity contribution in [2.45, 2.75) is 38.9 Å². The van der Waals surface area contributed by atoms with Crippen molar-refractivity contribution in [3.63, 3.8) is 0 Å². The molecule has 3 aromatic rings. The quantitative estimate of drug-likeness (QED) is 0.419. The third-order valence-electron chi connectivity index (χ3n) is 6.34. The van der Waals surface area contributed by atoms with Crippen LogP contribution in [0.25, 0.3) is 11.0 Å². The summed E-state index contributed by atoms with van der Waals surface area (Å²) in [5.74, 6) is 0.815. The number of rotatable bonds is 9. The summed E-state index contributed by atoms with van der Waals surface area (Å²) in [6, 6.07) is 12.6. The van der Waals surface area contributed by atoms with Crippen LogP contribution in [-0.2, 0) is 33.9 Å². The lowest BCUT2D eigenvalue weighted by molar-refractivity contribution is 0.123. The number of ether oxygens (including phenoxy) is 1. The molecule has 36 heavy (non-hydrogen) atoms. The predicted molar refractivity (Wildman–Crippen MR) is 130 cm³/mol. The van der Waals surface area contributed by atoms with Crippen LogP contribution in [0, 0.1) is 17.2 Å². The number of carbonyl (C=O) groups is 1. The molecule has 1 N–H and O–H groups in total. The number of aryl methyl sites for hydroxylation is 1. The zero-order chi connectivity index (χ0) is 25.7. The van der Waals surface area contributed by atoms with E-state index < -0.39 is 16.2 Å². The molecule has 0 bridgehead atoms. The van der Waals surface area contributed by atoms with Gasteiger partial charge in [-0.25, -0.2) is 4.79 Å². The third-order valence-corrected chi connectivity index (χ3v) is 6.89. The van der Waals surface area contributed by atoms with E-state index in [4.69, 9.17) is 23.8 Å². The molecule has 0 unspecified atom stereocenters. The lowest BCUT2D eigenvalue weighted by Gasteiger charge is -2.29. The number of fused-ring (bicyclic) bond motifs is 1. The van der Waals surface area contributed by atoms with E-state index in [0.29, 0.717) is 47.9 Å². The Kier molecular flexibility index (Phi) is 7.76. The Hall–Kier alpha value is -3.62. The number of nitriles is 1. The molecule has 1 aromatic heterocycles. The van der Waals surface area contributed by atoms with E-state index >= 15 is 0 Å². The van der Waals surface area contributed by atoms with Gasteiger partial charge in [0.05, 0.1) is 35.8 Å². The lowest BCUT2D eigenvalue weighted by atomic mass is 9.91. The highest BCUT2D eigenvalue weighted by Crippen LogP contribution is 2.33. The molecule has 1 saturated heterocycles. The minimum absolute atomic E-state index is 0.207. The maximum Gasteiger partial charge on any atom is 0.407 e. The number of nitrogens with zero attached hydrogens (tertiary/aromatic N) is 3. The summed E-state index contributed by atoms with van der Waals surface area (Å²) in [7, 11) is -3.71. The number of carboxylic acid groups (broad SMARTS) is 1. The van der Waals surface area contributed by atoms with Gasteiger partial charge in [0, 0.05) is 18.5 Å². The average molecular weight is 514 g/mol. The van der Waals surface area contributed by atoms with Gasteiger partial charge in [-0.1, -0.05) is 17.3 Å². The van der Waals surface area contributed by atoms with Gasteiger partial charge in [0.2, 0.25) is 0 Å². The molecule has 2 aromatic carbocycles. The largest absolute Gasteiger partial charge is 0.488 e. The first-order valence-electron chi connectivity index (χ1n) is 11.6. The second kappa shape index (κ2) is 11.0. The van der Waals surface area contributed by atoms with Gasteiger partial charge in [0.1, 0.15) is 12.4 Å². The van der Waals surface area contributed by atoms with Crippen LogP contribution in [0.3, 0.4) is 0 Å². The molecule has 1 aliphatic rings. The molecule has 1 aliphatic heterocycles. The number of benzene rings is 2. The highest BCUT2D eigenvalue weighted by atomic mass is 32.2. The van der Waals surface area contributed by atoms with E-state index in [1.54, 1.807) is 30.3 Å². The summed E-state index contributed by atoms with van der Waals surface area (Å²) in [5.41, 5.74) is 3.00. The first-order chi connectivity index (χ1) is 17.2. The molecule has 4 rings (SSSR count). The molecule has 2 heterocycles. The number of hydrogen-bond donors (Lipinski definition) is 1. The van der Waals surface area contributed by atoms with E-state index in [0.717, 1.165) is 42.2 Å². The summed E-state index contributed by atoms with van der Waals surface area (Å²) in [6.07, 6.45) is 3.22. The van der Waals surface area contributed by atoms with Crippen molar-refractivity contribution in [1.82, 2.24) is 10.1 Å². The predicted octanol–water partition coefficient (Wildman–Crippen LogP) is 4.08. The third kappa shape index (κ3) is 6.33. The highest BCUT2D eigenvalue weighted by Gasteiger charge is 2.24. The number of piperidine rings is 1. The molecule has 10 nitrogen and oxygen atoms in total. The van der Waals surface area contributed by atoms with Crippen molar-refractivity contribution in [3.05, 3.63) is 58.8 Å². The molecular formula is C25H27N3O7S. The SMILES string of the molecule is CS(=O)(=O)OCc1c(OCc2ccc(C#N)cc2)ccc2c(CCC3CCN(C(=O)O)CC3)noc12. The van der Waals surface area contributed by atoms with Crippen LogP contribution in [0.15, 0.2) is 40.9 Å². The zero-order valence-electron chi connectivity index (χ0n) is 19.8. The molecule has 0 spiro atoms. The van der Waals surface area contributed by atoms with Crippen LogP contribution in [0.4, 0.5) is 4.79 Å². The molecule has 0 radical (unpaired) electrons. The van der Waals surface area contributed by atoms with Crippen molar-refractivity contribution >= 4 is 27.2 Å². The van der Waals surface area contributed by atoms with E-state index in [9.17, 15) is 13.2 Å². The Labute approximate surface area is 209 Å². The van der Waals surface area contributed by atoms with Gasteiger partial charge in [0.15, 0.2) is 5.58 Å².